The molecule has 0 saturated carbocycles. The highest BCUT2D eigenvalue weighted by atomic mass is 31.2. The summed E-state index contributed by atoms with van der Waals surface area (Å²) in [6.07, 6.45) is 1.32. The van der Waals surface area contributed by atoms with Crippen molar-refractivity contribution in [2.45, 2.75) is 49.6 Å². The van der Waals surface area contributed by atoms with E-state index in [-0.39, 0.29) is 30.8 Å². The van der Waals surface area contributed by atoms with Gasteiger partial charge in [-0.1, -0.05) is 0 Å². The Kier molecular flexibility index (Phi) is 6.32. The van der Waals surface area contributed by atoms with E-state index in [1.807, 2.05) is 15.7 Å². The van der Waals surface area contributed by atoms with Gasteiger partial charge in [-0.05, 0) is 19.3 Å². The predicted molar refractivity (Wildman–Crippen MR) is 80.8 cm³/mol. The zero-order chi connectivity index (χ0) is 15.5. The van der Waals surface area contributed by atoms with Crippen LogP contribution in [0, 0.1) is 0 Å². The van der Waals surface area contributed by atoms with Crippen LogP contribution in [-0.2, 0) is 27.8 Å². The lowest BCUT2D eigenvalue weighted by Crippen LogP contribution is -2.28. The first-order valence-corrected chi connectivity index (χ1v) is 8.84. The zero-order valence-electron chi connectivity index (χ0n) is 12.8. The first-order valence-electron chi connectivity index (χ1n) is 7.35. The zero-order valence-corrected chi connectivity index (χ0v) is 13.7. The number of phosphoric ester groups is 1. The summed E-state index contributed by atoms with van der Waals surface area (Å²) in [5, 5.41) is 0. The summed E-state index contributed by atoms with van der Waals surface area (Å²) in [6.45, 7) is 0.383. The molecule has 0 spiro atoms. The molecule has 0 bridgehead atoms. The monoisotopic (exact) mass is 320 g/mol. The van der Waals surface area contributed by atoms with E-state index in [1.165, 1.54) is 0 Å². The molecule has 0 aromatic heterocycles. The summed E-state index contributed by atoms with van der Waals surface area (Å²) in [6, 6.07) is 0.141. The van der Waals surface area contributed by atoms with Crippen LogP contribution in [-0.4, -0.2) is 71.2 Å². The Morgan fingerprint density at radius 3 is 2.62 bits per heavy atom. The molecule has 120 valence electrons. The minimum atomic E-state index is -4.12. The van der Waals surface area contributed by atoms with Crippen LogP contribution in [0.2, 0.25) is 0 Å². The average Bonchev–Trinajstić information content (AvgIpc) is 2.94. The standard InChI is InChI=1S/C11H23B2O7P/c1-16-6-9-8(4-11(13)19-9)20-21(14,15)17-5-7-2-3-10(12)18-7/h7-11H,2-6,12-13H2,1H3,(H,14,15). The van der Waals surface area contributed by atoms with E-state index in [1.54, 1.807) is 7.11 Å². The Bertz CT molecular complexity index is 386. The van der Waals surface area contributed by atoms with Crippen molar-refractivity contribution in [3.8, 4) is 0 Å². The van der Waals surface area contributed by atoms with Crippen molar-refractivity contribution >= 4 is 23.5 Å². The second kappa shape index (κ2) is 7.59. The lowest BCUT2D eigenvalue weighted by molar-refractivity contribution is -0.0240. The van der Waals surface area contributed by atoms with Gasteiger partial charge in [0, 0.05) is 19.1 Å². The SMILES string of the molecule is BC1CCC(COP(=O)(O)OC2CC(B)OC2COC)O1. The average molecular weight is 320 g/mol. The van der Waals surface area contributed by atoms with Crippen molar-refractivity contribution in [2.75, 3.05) is 20.3 Å². The van der Waals surface area contributed by atoms with Crippen LogP contribution in [0.25, 0.3) is 0 Å². The topological polar surface area (TPSA) is 83.5 Å². The molecular weight excluding hydrogens is 297 g/mol. The molecule has 10 heteroatoms. The van der Waals surface area contributed by atoms with Crippen LogP contribution in [0.5, 0.6) is 0 Å². The number of methoxy groups -OCH3 is 1. The van der Waals surface area contributed by atoms with E-state index >= 15 is 0 Å². The number of hydrogen-bond donors (Lipinski definition) is 1. The molecule has 21 heavy (non-hydrogen) atoms. The maximum atomic E-state index is 12.0. The Morgan fingerprint density at radius 1 is 1.24 bits per heavy atom. The first kappa shape index (κ1) is 17.5. The van der Waals surface area contributed by atoms with Gasteiger partial charge < -0.3 is 19.1 Å². The summed E-state index contributed by atoms with van der Waals surface area (Å²) in [7, 11) is 1.30. The molecule has 2 aliphatic rings. The number of rotatable bonds is 7. The van der Waals surface area contributed by atoms with Crippen molar-refractivity contribution in [1.82, 2.24) is 0 Å². The van der Waals surface area contributed by atoms with Crippen LogP contribution in [0.3, 0.4) is 0 Å². The molecule has 0 aliphatic carbocycles. The van der Waals surface area contributed by atoms with Crippen molar-refractivity contribution in [1.29, 1.82) is 0 Å². The number of phosphoric acid groups is 1. The minimum Gasteiger partial charge on any atom is -0.382 e. The Labute approximate surface area is 127 Å². The van der Waals surface area contributed by atoms with Crippen LogP contribution in [0.15, 0.2) is 0 Å². The highest BCUT2D eigenvalue weighted by molar-refractivity contribution is 7.47. The quantitative estimate of drug-likeness (QED) is 0.477. The van der Waals surface area contributed by atoms with Gasteiger partial charge in [-0.2, -0.15) is 0 Å². The maximum Gasteiger partial charge on any atom is 0.472 e. The smallest absolute Gasteiger partial charge is 0.382 e. The molecule has 2 rings (SSSR count). The van der Waals surface area contributed by atoms with Gasteiger partial charge in [0.1, 0.15) is 21.8 Å². The van der Waals surface area contributed by atoms with Gasteiger partial charge in [-0.15, -0.1) is 0 Å². The van der Waals surface area contributed by atoms with E-state index in [0.29, 0.717) is 13.0 Å². The number of ether oxygens (including phenoxy) is 3. The molecule has 6 atom stereocenters. The Morgan fingerprint density at radius 2 is 2.00 bits per heavy atom. The molecule has 2 saturated heterocycles. The van der Waals surface area contributed by atoms with Crippen LogP contribution >= 0.6 is 7.82 Å². The fourth-order valence-electron chi connectivity index (χ4n) is 2.73. The molecule has 2 fully saturated rings. The highest BCUT2D eigenvalue weighted by Gasteiger charge is 2.39. The fraction of sp³-hybridized carbons (Fsp3) is 1.00. The fourth-order valence-corrected chi connectivity index (χ4v) is 3.71. The summed E-state index contributed by atoms with van der Waals surface area (Å²) in [5.41, 5.74) is 0. The summed E-state index contributed by atoms with van der Waals surface area (Å²) in [5.74, 6) is 0. The summed E-state index contributed by atoms with van der Waals surface area (Å²) in [4.78, 5) is 9.83. The minimum absolute atomic E-state index is 0.0332. The number of hydrogen-bond acceptors (Lipinski definition) is 6. The third kappa shape index (κ3) is 5.36. The molecule has 2 heterocycles. The van der Waals surface area contributed by atoms with E-state index in [2.05, 4.69) is 0 Å². The lowest BCUT2D eigenvalue weighted by Gasteiger charge is -2.22. The van der Waals surface area contributed by atoms with Gasteiger partial charge in [0.15, 0.2) is 0 Å². The van der Waals surface area contributed by atoms with Gasteiger partial charge in [0.05, 0.1) is 25.4 Å². The maximum absolute atomic E-state index is 12.0. The third-order valence-corrected chi connectivity index (χ3v) is 4.74. The van der Waals surface area contributed by atoms with Crippen molar-refractivity contribution < 1.29 is 32.7 Å². The molecule has 0 aromatic rings. The molecule has 2 aliphatic heterocycles. The van der Waals surface area contributed by atoms with Crippen molar-refractivity contribution in [3.05, 3.63) is 0 Å². The van der Waals surface area contributed by atoms with Gasteiger partial charge in [-0.3, -0.25) is 9.05 Å². The van der Waals surface area contributed by atoms with Gasteiger partial charge in [0.2, 0.25) is 0 Å². The Balaban J connectivity index is 1.80. The largest absolute Gasteiger partial charge is 0.472 e. The molecule has 1 N–H and O–H groups in total. The molecular formula is C11H23B2O7P. The van der Waals surface area contributed by atoms with Gasteiger partial charge in [0.25, 0.3) is 0 Å². The highest BCUT2D eigenvalue weighted by Crippen LogP contribution is 2.47. The van der Waals surface area contributed by atoms with Gasteiger partial charge >= 0.3 is 7.82 Å². The van der Waals surface area contributed by atoms with E-state index in [4.69, 9.17) is 23.3 Å². The summed E-state index contributed by atoms with van der Waals surface area (Å²) >= 11 is 0. The van der Waals surface area contributed by atoms with Crippen LogP contribution < -0.4 is 0 Å². The lowest BCUT2D eigenvalue weighted by atomic mass is 9.96. The normalized spacial score (nSPS) is 39.4. The molecule has 0 radical (unpaired) electrons. The first-order chi connectivity index (χ1) is 9.89. The Hall–Kier alpha value is 0.120. The van der Waals surface area contributed by atoms with E-state index < -0.39 is 13.9 Å². The van der Waals surface area contributed by atoms with Gasteiger partial charge in [-0.25, -0.2) is 4.57 Å². The third-order valence-electron chi connectivity index (χ3n) is 3.73. The van der Waals surface area contributed by atoms with Crippen LogP contribution in [0.1, 0.15) is 19.3 Å². The van der Waals surface area contributed by atoms with Crippen LogP contribution in [0.4, 0.5) is 0 Å². The van der Waals surface area contributed by atoms with Crippen molar-refractivity contribution in [3.63, 3.8) is 0 Å². The molecule has 0 aromatic carbocycles. The van der Waals surface area contributed by atoms with E-state index in [9.17, 15) is 9.46 Å². The predicted octanol–water partition coefficient (Wildman–Crippen LogP) is -0.979. The second-order valence-electron chi connectivity index (χ2n) is 5.73. The molecule has 6 unspecified atom stereocenters. The van der Waals surface area contributed by atoms with E-state index in [0.717, 1.165) is 12.8 Å². The second-order valence-corrected chi connectivity index (χ2v) is 7.14. The van der Waals surface area contributed by atoms with Crippen molar-refractivity contribution in [2.24, 2.45) is 0 Å². The summed E-state index contributed by atoms with van der Waals surface area (Å²) < 4.78 is 38.5. The molecule has 7 nitrogen and oxygen atoms in total. The molecule has 0 amide bonds.